The van der Waals surface area contributed by atoms with Gasteiger partial charge in [0.15, 0.2) is 0 Å². The predicted molar refractivity (Wildman–Crippen MR) is 79.3 cm³/mol. The zero-order valence-corrected chi connectivity index (χ0v) is 13.3. The van der Waals surface area contributed by atoms with Crippen LogP contribution in [0.5, 0.6) is 0 Å². The highest BCUT2D eigenvalue weighted by atomic mass is 32.2. The Kier molecular flexibility index (Phi) is 5.35. The first-order chi connectivity index (χ1) is 9.19. The van der Waals surface area contributed by atoms with Crippen LogP contribution in [0.25, 0.3) is 0 Å². The molecule has 0 bridgehead atoms. The van der Waals surface area contributed by atoms with Crippen molar-refractivity contribution >= 4 is 17.7 Å². The summed E-state index contributed by atoms with van der Waals surface area (Å²) in [6.07, 6.45) is 1.77. The Morgan fingerprint density at radius 2 is 2.10 bits per heavy atom. The summed E-state index contributed by atoms with van der Waals surface area (Å²) in [5.41, 5.74) is -0.556. The fraction of sp³-hybridized carbons (Fsp3) is 0.615. The summed E-state index contributed by atoms with van der Waals surface area (Å²) in [6, 6.07) is 0. The van der Waals surface area contributed by atoms with Gasteiger partial charge in [0.1, 0.15) is 5.03 Å². The lowest BCUT2D eigenvalue weighted by Crippen LogP contribution is -2.42. The third-order valence-corrected chi connectivity index (χ3v) is 3.42. The van der Waals surface area contributed by atoms with Crippen LogP contribution in [0.1, 0.15) is 36.8 Å². The van der Waals surface area contributed by atoms with E-state index in [4.69, 9.17) is 0 Å². The second kappa shape index (κ2) is 6.41. The molecule has 0 aliphatic heterocycles. The highest BCUT2D eigenvalue weighted by molar-refractivity contribution is 7.98. The Labute approximate surface area is 122 Å². The molecule has 1 heterocycles. The number of H-pyrrole nitrogens is 1. The van der Waals surface area contributed by atoms with Gasteiger partial charge in [-0.25, -0.2) is 4.79 Å². The maximum Gasteiger partial charge on any atom is 0.346 e. The van der Waals surface area contributed by atoms with Crippen LogP contribution in [-0.4, -0.2) is 50.8 Å². The predicted octanol–water partition coefficient (Wildman–Crippen LogP) is 1.03. The average Bonchev–Trinajstić information content (AvgIpc) is 2.33. The molecule has 1 rings (SSSR count). The number of thioether (sulfide) groups is 1. The van der Waals surface area contributed by atoms with Crippen molar-refractivity contribution in [2.24, 2.45) is 0 Å². The second-order valence-electron chi connectivity index (χ2n) is 5.18. The van der Waals surface area contributed by atoms with Gasteiger partial charge in [-0.05, 0) is 34.0 Å². The lowest BCUT2D eigenvalue weighted by atomic mass is 10.1. The molecule has 0 spiro atoms. The SMILES string of the molecule is CCN(CC(C)(C)O)C(=O)c1c(SC)nc(=O)[nH]c1C. The molecule has 0 saturated carbocycles. The lowest BCUT2D eigenvalue weighted by Gasteiger charge is -2.28. The third kappa shape index (κ3) is 4.08. The molecule has 0 radical (unpaired) electrons. The minimum atomic E-state index is -0.977. The lowest BCUT2D eigenvalue weighted by molar-refractivity contribution is 0.0311. The summed E-state index contributed by atoms with van der Waals surface area (Å²) < 4.78 is 0. The smallest absolute Gasteiger partial charge is 0.346 e. The number of aliphatic hydroxyl groups is 1. The fourth-order valence-electron chi connectivity index (χ4n) is 1.91. The van der Waals surface area contributed by atoms with Crippen molar-refractivity contribution in [2.75, 3.05) is 19.3 Å². The van der Waals surface area contributed by atoms with Gasteiger partial charge in [-0.2, -0.15) is 4.98 Å². The van der Waals surface area contributed by atoms with E-state index in [0.717, 1.165) is 0 Å². The summed E-state index contributed by atoms with van der Waals surface area (Å²) in [5.74, 6) is -0.236. The Balaban J connectivity index is 3.22. The van der Waals surface area contributed by atoms with Gasteiger partial charge in [-0.1, -0.05) is 0 Å². The highest BCUT2D eigenvalue weighted by Gasteiger charge is 2.26. The van der Waals surface area contributed by atoms with E-state index < -0.39 is 11.3 Å². The second-order valence-corrected chi connectivity index (χ2v) is 5.98. The van der Waals surface area contributed by atoms with Crippen molar-refractivity contribution in [3.8, 4) is 0 Å². The Morgan fingerprint density at radius 1 is 1.50 bits per heavy atom. The van der Waals surface area contributed by atoms with E-state index in [2.05, 4.69) is 9.97 Å². The van der Waals surface area contributed by atoms with Crippen LogP contribution < -0.4 is 5.69 Å². The molecule has 6 nitrogen and oxygen atoms in total. The number of hydrogen-bond donors (Lipinski definition) is 2. The van der Waals surface area contributed by atoms with Crippen LogP contribution in [0.3, 0.4) is 0 Å². The van der Waals surface area contributed by atoms with Crippen LogP contribution in [0.15, 0.2) is 9.82 Å². The van der Waals surface area contributed by atoms with Gasteiger partial charge in [0.05, 0.1) is 11.2 Å². The number of nitrogens with one attached hydrogen (secondary N) is 1. The van der Waals surface area contributed by atoms with Gasteiger partial charge in [-0.3, -0.25) is 4.79 Å². The first-order valence-corrected chi connectivity index (χ1v) is 7.58. The van der Waals surface area contributed by atoms with Crippen LogP contribution in [0.2, 0.25) is 0 Å². The maximum atomic E-state index is 12.6. The number of amides is 1. The van der Waals surface area contributed by atoms with E-state index in [1.54, 1.807) is 31.9 Å². The first-order valence-electron chi connectivity index (χ1n) is 6.36. The highest BCUT2D eigenvalue weighted by Crippen LogP contribution is 2.20. The minimum absolute atomic E-state index is 0.217. The summed E-state index contributed by atoms with van der Waals surface area (Å²) in [4.78, 5) is 31.9. The molecule has 0 aliphatic carbocycles. The molecular formula is C13H21N3O3S. The van der Waals surface area contributed by atoms with E-state index >= 15 is 0 Å². The number of carbonyl (C=O) groups is 1. The maximum absolute atomic E-state index is 12.6. The molecule has 0 fully saturated rings. The standard InChI is InChI=1S/C13H21N3O3S/c1-6-16(7-13(3,4)19)11(17)9-8(2)14-12(18)15-10(9)20-5/h19H,6-7H2,1-5H3,(H,14,15,18). The molecule has 1 aromatic heterocycles. The number of likely N-dealkylation sites (N-methyl/N-ethyl adjacent to an activating group) is 1. The Hall–Kier alpha value is -1.34. The molecule has 0 saturated heterocycles. The van der Waals surface area contributed by atoms with Gasteiger partial charge in [0.2, 0.25) is 0 Å². The number of nitrogens with zero attached hydrogens (tertiary/aromatic N) is 2. The number of rotatable bonds is 5. The van der Waals surface area contributed by atoms with Crippen molar-refractivity contribution < 1.29 is 9.90 Å². The van der Waals surface area contributed by atoms with Gasteiger partial charge in [0.25, 0.3) is 5.91 Å². The largest absolute Gasteiger partial charge is 0.389 e. The molecule has 0 aliphatic rings. The first kappa shape index (κ1) is 16.7. The van der Waals surface area contributed by atoms with E-state index in [-0.39, 0.29) is 12.5 Å². The molecule has 0 aromatic carbocycles. The summed E-state index contributed by atoms with van der Waals surface area (Å²) >= 11 is 1.26. The molecule has 1 aromatic rings. The van der Waals surface area contributed by atoms with Crippen molar-refractivity contribution in [1.29, 1.82) is 0 Å². The van der Waals surface area contributed by atoms with Crippen LogP contribution >= 0.6 is 11.8 Å². The zero-order chi connectivity index (χ0) is 15.5. The molecule has 1 amide bonds. The third-order valence-electron chi connectivity index (χ3n) is 2.74. The van der Waals surface area contributed by atoms with Gasteiger partial charge in [-0.15, -0.1) is 11.8 Å². The summed E-state index contributed by atoms with van der Waals surface area (Å²) in [5, 5.41) is 10.3. The van der Waals surface area contributed by atoms with Crippen LogP contribution in [-0.2, 0) is 0 Å². The van der Waals surface area contributed by atoms with Crippen molar-refractivity contribution in [3.63, 3.8) is 0 Å². The normalized spacial score (nSPS) is 11.5. The van der Waals surface area contributed by atoms with Gasteiger partial charge < -0.3 is 15.0 Å². The van der Waals surface area contributed by atoms with Gasteiger partial charge >= 0.3 is 5.69 Å². The van der Waals surface area contributed by atoms with Crippen LogP contribution in [0, 0.1) is 6.92 Å². The Morgan fingerprint density at radius 3 is 2.55 bits per heavy atom. The monoisotopic (exact) mass is 299 g/mol. The topological polar surface area (TPSA) is 86.3 Å². The summed E-state index contributed by atoms with van der Waals surface area (Å²) in [6.45, 7) is 7.50. The number of carbonyl (C=O) groups excluding carboxylic acids is 1. The quantitative estimate of drug-likeness (QED) is 0.626. The van der Waals surface area contributed by atoms with Crippen molar-refractivity contribution in [3.05, 3.63) is 21.7 Å². The molecule has 0 unspecified atom stereocenters. The molecule has 112 valence electrons. The number of aromatic amines is 1. The molecular weight excluding hydrogens is 278 g/mol. The Bertz CT molecular complexity index is 549. The fourth-order valence-corrected chi connectivity index (χ4v) is 2.53. The molecule has 20 heavy (non-hydrogen) atoms. The van der Waals surface area contributed by atoms with Crippen molar-refractivity contribution in [2.45, 2.75) is 38.3 Å². The minimum Gasteiger partial charge on any atom is -0.389 e. The van der Waals surface area contributed by atoms with E-state index in [9.17, 15) is 14.7 Å². The number of aryl methyl sites for hydroxylation is 1. The average molecular weight is 299 g/mol. The molecule has 0 atom stereocenters. The van der Waals surface area contributed by atoms with Crippen molar-refractivity contribution in [1.82, 2.24) is 14.9 Å². The number of aromatic nitrogens is 2. The number of hydrogen-bond acceptors (Lipinski definition) is 5. The van der Waals surface area contributed by atoms with Gasteiger partial charge in [0, 0.05) is 18.8 Å². The molecule has 7 heteroatoms. The summed E-state index contributed by atoms with van der Waals surface area (Å²) in [7, 11) is 0. The van der Waals surface area contributed by atoms with E-state index in [1.807, 2.05) is 6.92 Å². The zero-order valence-electron chi connectivity index (χ0n) is 12.5. The van der Waals surface area contributed by atoms with E-state index in [1.165, 1.54) is 11.8 Å². The van der Waals surface area contributed by atoms with Crippen LogP contribution in [0.4, 0.5) is 0 Å². The molecule has 2 N–H and O–H groups in total. The van der Waals surface area contributed by atoms with E-state index in [0.29, 0.717) is 22.8 Å².